The Balaban J connectivity index is 2.10. The third-order valence-electron chi connectivity index (χ3n) is 3.04. The molecule has 1 heterocycles. The summed E-state index contributed by atoms with van der Waals surface area (Å²) < 4.78 is 0. The molecule has 1 aromatic carbocycles. The highest BCUT2D eigenvalue weighted by atomic mass is 35.5. The van der Waals surface area contributed by atoms with E-state index in [1.807, 2.05) is 0 Å². The molecule has 1 atom stereocenters. The zero-order valence-corrected chi connectivity index (χ0v) is 9.97. The van der Waals surface area contributed by atoms with Crippen LogP contribution in [0.4, 0.5) is 0 Å². The molecular formula is C11H13BClNO3. The molecule has 1 aliphatic rings. The van der Waals surface area contributed by atoms with Gasteiger partial charge in [0.15, 0.2) is 0 Å². The van der Waals surface area contributed by atoms with Gasteiger partial charge in [-0.25, -0.2) is 0 Å². The third kappa shape index (κ3) is 2.62. The van der Waals surface area contributed by atoms with Gasteiger partial charge in [0.2, 0.25) is 0 Å². The van der Waals surface area contributed by atoms with Gasteiger partial charge in [0, 0.05) is 18.9 Å². The van der Waals surface area contributed by atoms with Crippen molar-refractivity contribution in [3.05, 3.63) is 34.9 Å². The molecule has 2 N–H and O–H groups in total. The fourth-order valence-corrected chi connectivity index (χ4v) is 2.24. The summed E-state index contributed by atoms with van der Waals surface area (Å²) in [5.74, 6) is -0.416. The fraction of sp³-hybridized carbons (Fsp3) is 0.364. The lowest BCUT2D eigenvalue weighted by Crippen LogP contribution is -2.30. The first-order valence-corrected chi connectivity index (χ1v) is 5.87. The average molecular weight is 253 g/mol. The van der Waals surface area contributed by atoms with Crippen LogP contribution in [0.15, 0.2) is 24.3 Å². The lowest BCUT2D eigenvalue weighted by molar-refractivity contribution is 0.0792. The summed E-state index contributed by atoms with van der Waals surface area (Å²) >= 11 is 5.95. The van der Waals surface area contributed by atoms with Crippen LogP contribution in [0.5, 0.6) is 0 Å². The van der Waals surface area contributed by atoms with Crippen molar-refractivity contribution in [3.8, 4) is 0 Å². The molecule has 0 saturated carbocycles. The molecule has 2 rings (SSSR count). The van der Waals surface area contributed by atoms with Gasteiger partial charge in [-0.3, -0.25) is 4.79 Å². The number of likely N-dealkylation sites (tertiary alicyclic amines) is 1. The van der Waals surface area contributed by atoms with E-state index in [2.05, 4.69) is 0 Å². The number of benzene rings is 1. The molecule has 90 valence electrons. The summed E-state index contributed by atoms with van der Waals surface area (Å²) in [5.41, 5.74) is 0.460. The van der Waals surface area contributed by atoms with Gasteiger partial charge in [-0.2, -0.15) is 0 Å². The molecule has 0 radical (unpaired) electrons. The summed E-state index contributed by atoms with van der Waals surface area (Å²) in [7, 11) is -1.36. The van der Waals surface area contributed by atoms with E-state index in [1.54, 1.807) is 29.2 Å². The van der Waals surface area contributed by atoms with Crippen LogP contribution in [0, 0.1) is 0 Å². The number of hydrogen-bond acceptors (Lipinski definition) is 3. The molecule has 1 aliphatic heterocycles. The van der Waals surface area contributed by atoms with Crippen molar-refractivity contribution >= 4 is 24.6 Å². The van der Waals surface area contributed by atoms with Gasteiger partial charge in [0.1, 0.15) is 0 Å². The van der Waals surface area contributed by atoms with Crippen LogP contribution < -0.4 is 0 Å². The predicted molar refractivity (Wildman–Crippen MR) is 65.9 cm³/mol. The normalized spacial score (nSPS) is 19.5. The standard InChI is InChI=1S/C11H13BClNO3/c13-10-4-2-1-3-9(10)11(15)14-6-5-8(7-14)12(16)17/h1-4,8,16-17H,5-7H2/t8-/m1/s1. The van der Waals surface area contributed by atoms with E-state index >= 15 is 0 Å². The summed E-state index contributed by atoms with van der Waals surface area (Å²) in [6.07, 6.45) is 0.605. The van der Waals surface area contributed by atoms with Crippen LogP contribution in [-0.2, 0) is 0 Å². The second-order valence-corrected chi connectivity index (χ2v) is 4.60. The maximum Gasteiger partial charge on any atom is 0.456 e. The number of hydrogen-bond donors (Lipinski definition) is 2. The summed E-state index contributed by atoms with van der Waals surface area (Å²) in [5, 5.41) is 18.6. The number of nitrogens with zero attached hydrogens (tertiary/aromatic N) is 1. The molecular weight excluding hydrogens is 240 g/mol. The molecule has 1 aromatic rings. The van der Waals surface area contributed by atoms with Crippen molar-refractivity contribution in [1.82, 2.24) is 4.90 Å². The first-order valence-electron chi connectivity index (χ1n) is 5.49. The van der Waals surface area contributed by atoms with Gasteiger partial charge in [-0.15, -0.1) is 0 Å². The van der Waals surface area contributed by atoms with Crippen molar-refractivity contribution in [2.45, 2.75) is 12.2 Å². The van der Waals surface area contributed by atoms with Crippen molar-refractivity contribution in [2.24, 2.45) is 0 Å². The lowest BCUT2D eigenvalue weighted by Gasteiger charge is -2.17. The summed E-state index contributed by atoms with van der Waals surface area (Å²) in [4.78, 5) is 13.7. The van der Waals surface area contributed by atoms with E-state index < -0.39 is 7.12 Å². The maximum atomic E-state index is 12.1. The second-order valence-electron chi connectivity index (χ2n) is 4.19. The monoisotopic (exact) mass is 253 g/mol. The van der Waals surface area contributed by atoms with E-state index in [4.69, 9.17) is 21.6 Å². The zero-order valence-electron chi connectivity index (χ0n) is 9.21. The number of halogens is 1. The molecule has 1 amide bonds. The minimum atomic E-state index is -1.36. The Hall–Kier alpha value is -1.04. The Labute approximate surface area is 105 Å². The Morgan fingerprint density at radius 2 is 2.12 bits per heavy atom. The van der Waals surface area contributed by atoms with Crippen LogP contribution in [0.1, 0.15) is 16.8 Å². The number of rotatable bonds is 2. The Morgan fingerprint density at radius 3 is 2.71 bits per heavy atom. The lowest BCUT2D eigenvalue weighted by atomic mass is 9.72. The molecule has 1 fully saturated rings. The topological polar surface area (TPSA) is 60.8 Å². The second kappa shape index (κ2) is 5.08. The van der Waals surface area contributed by atoms with Crippen molar-refractivity contribution in [2.75, 3.05) is 13.1 Å². The van der Waals surface area contributed by atoms with Crippen LogP contribution in [0.25, 0.3) is 0 Å². The van der Waals surface area contributed by atoms with Gasteiger partial charge >= 0.3 is 7.12 Å². The van der Waals surface area contributed by atoms with Crippen molar-refractivity contribution in [3.63, 3.8) is 0 Å². The summed E-state index contributed by atoms with van der Waals surface area (Å²) in [6.45, 7) is 0.897. The summed E-state index contributed by atoms with van der Waals surface area (Å²) in [6, 6.07) is 6.87. The van der Waals surface area contributed by atoms with Crippen molar-refractivity contribution in [1.29, 1.82) is 0 Å². The van der Waals surface area contributed by atoms with Gasteiger partial charge < -0.3 is 14.9 Å². The van der Waals surface area contributed by atoms with Gasteiger partial charge in [-0.05, 0) is 18.6 Å². The van der Waals surface area contributed by atoms with E-state index in [1.165, 1.54) is 0 Å². The predicted octanol–water partition coefficient (Wildman–Crippen LogP) is 1.03. The minimum absolute atomic E-state index is 0.154. The van der Waals surface area contributed by atoms with Crippen LogP contribution in [0.3, 0.4) is 0 Å². The number of amides is 1. The number of carbonyl (C=O) groups is 1. The minimum Gasteiger partial charge on any atom is -0.427 e. The molecule has 0 aromatic heterocycles. The molecule has 0 bridgehead atoms. The number of carbonyl (C=O) groups excluding carboxylic acids is 1. The van der Waals surface area contributed by atoms with Crippen LogP contribution in [-0.4, -0.2) is 41.1 Å². The molecule has 0 spiro atoms. The van der Waals surface area contributed by atoms with Gasteiger partial charge in [0.05, 0.1) is 10.6 Å². The van der Waals surface area contributed by atoms with E-state index in [0.29, 0.717) is 30.1 Å². The van der Waals surface area contributed by atoms with E-state index in [9.17, 15) is 4.79 Å². The largest absolute Gasteiger partial charge is 0.456 e. The molecule has 17 heavy (non-hydrogen) atoms. The molecule has 1 saturated heterocycles. The van der Waals surface area contributed by atoms with Gasteiger partial charge in [-0.1, -0.05) is 23.7 Å². The van der Waals surface area contributed by atoms with Crippen LogP contribution >= 0.6 is 11.6 Å². The first-order chi connectivity index (χ1) is 8.09. The van der Waals surface area contributed by atoms with Crippen molar-refractivity contribution < 1.29 is 14.8 Å². The first kappa shape index (κ1) is 12.4. The molecule has 6 heteroatoms. The Kier molecular flexibility index (Phi) is 3.71. The highest BCUT2D eigenvalue weighted by Crippen LogP contribution is 2.26. The van der Waals surface area contributed by atoms with E-state index in [-0.39, 0.29) is 11.7 Å². The maximum absolute atomic E-state index is 12.1. The SMILES string of the molecule is O=C(c1ccccc1Cl)N1CC[C@@H](B(O)O)C1. The van der Waals surface area contributed by atoms with Crippen LogP contribution in [0.2, 0.25) is 10.8 Å². The molecule has 4 nitrogen and oxygen atoms in total. The fourth-order valence-electron chi connectivity index (χ4n) is 2.02. The highest BCUT2D eigenvalue weighted by molar-refractivity contribution is 6.43. The molecule has 0 aliphatic carbocycles. The highest BCUT2D eigenvalue weighted by Gasteiger charge is 2.34. The quantitative estimate of drug-likeness (QED) is 0.774. The Bertz CT molecular complexity index is 427. The zero-order chi connectivity index (χ0) is 12.4. The van der Waals surface area contributed by atoms with Gasteiger partial charge in [0.25, 0.3) is 5.91 Å². The smallest absolute Gasteiger partial charge is 0.427 e. The molecule has 0 unspecified atom stereocenters. The Morgan fingerprint density at radius 1 is 1.41 bits per heavy atom. The average Bonchev–Trinajstić information content (AvgIpc) is 2.78. The van der Waals surface area contributed by atoms with E-state index in [0.717, 1.165) is 0 Å². The third-order valence-corrected chi connectivity index (χ3v) is 3.37.